The fourth-order valence-electron chi connectivity index (χ4n) is 0. The summed E-state index contributed by atoms with van der Waals surface area (Å²) in [4.78, 5) is 26.7. The molecule has 0 rings (SSSR count). The second-order valence-electron chi connectivity index (χ2n) is 1.47. The van der Waals surface area contributed by atoms with Gasteiger partial charge in [0.15, 0.2) is 0 Å². The van der Waals surface area contributed by atoms with E-state index in [1.54, 1.807) is 0 Å². The first kappa shape index (κ1) is 37.1. The number of hydrogen-bond donors (Lipinski definition) is 0. The molecule has 0 aliphatic heterocycles. The molecule has 0 spiro atoms. The van der Waals surface area contributed by atoms with E-state index in [9.17, 15) is 0 Å². The van der Waals surface area contributed by atoms with Crippen molar-refractivity contribution in [1.82, 2.24) is 0 Å². The van der Waals surface area contributed by atoms with Gasteiger partial charge in [-0.05, 0) is 20.8 Å². The Morgan fingerprint density at radius 2 is 0.667 bits per heavy atom. The van der Waals surface area contributed by atoms with Crippen molar-refractivity contribution in [3.63, 3.8) is 0 Å². The van der Waals surface area contributed by atoms with Gasteiger partial charge in [0, 0.05) is 17.9 Å². The molecule has 93 valence electrons. The molecule has 0 saturated heterocycles. The van der Waals surface area contributed by atoms with Crippen molar-refractivity contribution in [2.24, 2.45) is 0 Å². The predicted octanol–water partition coefficient (Wildman–Crippen LogP) is -5.38. The number of carbonyl (C=O) groups is 3. The zero-order valence-corrected chi connectivity index (χ0v) is 9.51. The molecule has 4 N–H and O–H groups in total. The number of hydrogen-bond acceptors (Lipinski definition) is 6. The summed E-state index contributed by atoms with van der Waals surface area (Å²) in [6, 6.07) is 0. The van der Waals surface area contributed by atoms with Crippen molar-refractivity contribution in [1.29, 1.82) is 0 Å². The molecule has 0 aromatic carbocycles. The van der Waals surface area contributed by atoms with Crippen LogP contribution in [0.15, 0.2) is 0 Å². The molecule has 0 aliphatic rings. The molecular weight excluding hydrogens is 255 g/mol. The van der Waals surface area contributed by atoms with Gasteiger partial charge in [-0.2, -0.15) is 0 Å². The Kier molecular flexibility index (Phi) is 72.4. The van der Waals surface area contributed by atoms with Crippen LogP contribution in [0.25, 0.3) is 0 Å². The largest absolute Gasteiger partial charge is 2.00 e. The Morgan fingerprint density at radius 3 is 0.667 bits per heavy atom. The van der Waals surface area contributed by atoms with E-state index in [1.165, 1.54) is 0 Å². The Labute approximate surface area is 97.0 Å². The number of rotatable bonds is 0. The molecule has 0 bridgehead atoms. The van der Waals surface area contributed by atoms with Crippen LogP contribution < -0.4 is 15.3 Å². The van der Waals surface area contributed by atoms with Crippen LogP contribution in [0, 0.1) is 0 Å². The SMILES string of the molecule is CC(=O)[O-].CC(=O)[O-].CC(=O)[O-].O.O.[Mn+2]. The van der Waals surface area contributed by atoms with E-state index in [0.29, 0.717) is 0 Å². The second-order valence-corrected chi connectivity index (χ2v) is 1.47. The minimum atomic E-state index is -1.08. The van der Waals surface area contributed by atoms with Gasteiger partial charge in [-0.3, -0.25) is 0 Å². The maximum atomic E-state index is 8.89. The third kappa shape index (κ3) is 1140. The van der Waals surface area contributed by atoms with Crippen LogP contribution in [-0.4, -0.2) is 28.9 Å². The smallest absolute Gasteiger partial charge is 0.550 e. The van der Waals surface area contributed by atoms with Crippen molar-refractivity contribution in [3.8, 4) is 0 Å². The van der Waals surface area contributed by atoms with Crippen LogP contribution in [0.5, 0.6) is 0 Å². The standard InChI is InChI=1S/3C2H4O2.Mn.2H2O/c3*1-2(3)4;;;/h3*1H3,(H,3,4);;2*1H2/q;;;+2;;/p-3. The van der Waals surface area contributed by atoms with E-state index in [0.717, 1.165) is 20.8 Å². The summed E-state index contributed by atoms with van der Waals surface area (Å²) in [7, 11) is 0. The first-order valence-corrected chi connectivity index (χ1v) is 2.72. The van der Waals surface area contributed by atoms with Crippen LogP contribution >= 0.6 is 0 Å². The van der Waals surface area contributed by atoms with Crippen LogP contribution in [0.3, 0.4) is 0 Å². The summed E-state index contributed by atoms with van der Waals surface area (Å²) in [5, 5.41) is 26.7. The summed E-state index contributed by atoms with van der Waals surface area (Å²) >= 11 is 0. The van der Waals surface area contributed by atoms with Crippen LogP contribution in [0.1, 0.15) is 20.8 Å². The van der Waals surface area contributed by atoms with Crippen LogP contribution in [0.2, 0.25) is 0 Å². The van der Waals surface area contributed by atoms with E-state index in [1.807, 2.05) is 0 Å². The van der Waals surface area contributed by atoms with E-state index in [-0.39, 0.29) is 28.0 Å². The molecule has 0 saturated carbocycles. The summed E-state index contributed by atoms with van der Waals surface area (Å²) < 4.78 is 0. The number of aliphatic carboxylic acids is 3. The summed E-state index contributed by atoms with van der Waals surface area (Å²) in [5.41, 5.74) is 0. The molecule has 0 unspecified atom stereocenters. The summed E-state index contributed by atoms with van der Waals surface area (Å²) in [6.07, 6.45) is 0. The Balaban J connectivity index is -0.0000000184. The molecule has 0 aliphatic carbocycles. The molecule has 1 radical (unpaired) electrons. The van der Waals surface area contributed by atoms with Crippen molar-refractivity contribution < 1.29 is 57.7 Å². The summed E-state index contributed by atoms with van der Waals surface area (Å²) in [5.74, 6) is -3.25. The molecule has 9 heteroatoms. The zero-order chi connectivity index (χ0) is 10.7. The number of carboxylic acid groups (broad SMARTS) is 3. The van der Waals surface area contributed by atoms with Gasteiger partial charge in [-0.1, -0.05) is 0 Å². The van der Waals surface area contributed by atoms with E-state index >= 15 is 0 Å². The maximum absolute atomic E-state index is 8.89. The number of carbonyl (C=O) groups excluding carboxylic acids is 3. The van der Waals surface area contributed by atoms with E-state index < -0.39 is 17.9 Å². The van der Waals surface area contributed by atoms with Crippen LogP contribution in [-0.2, 0) is 31.5 Å². The molecular formula is C6H13MnO8-. The van der Waals surface area contributed by atoms with Gasteiger partial charge in [-0.25, -0.2) is 0 Å². The molecule has 0 aromatic rings. The molecule has 0 atom stereocenters. The first-order chi connectivity index (χ1) is 5.20. The summed E-state index contributed by atoms with van der Waals surface area (Å²) in [6.45, 7) is 2.92. The molecule has 8 nitrogen and oxygen atoms in total. The van der Waals surface area contributed by atoms with Gasteiger partial charge in [0.25, 0.3) is 0 Å². The van der Waals surface area contributed by atoms with Crippen molar-refractivity contribution in [2.75, 3.05) is 0 Å². The quantitative estimate of drug-likeness (QED) is 0.394. The van der Waals surface area contributed by atoms with Gasteiger partial charge in [-0.15, -0.1) is 0 Å². The van der Waals surface area contributed by atoms with E-state index in [2.05, 4.69) is 0 Å². The van der Waals surface area contributed by atoms with Gasteiger partial charge < -0.3 is 40.7 Å². The minimum absolute atomic E-state index is 0. The molecule has 15 heavy (non-hydrogen) atoms. The predicted molar refractivity (Wildman–Crippen MR) is 39.3 cm³/mol. The molecule has 0 fully saturated rings. The van der Waals surface area contributed by atoms with Crippen molar-refractivity contribution in [2.45, 2.75) is 20.8 Å². The molecule has 0 heterocycles. The normalized spacial score (nSPS) is 5.00. The average molecular weight is 268 g/mol. The molecule has 0 amide bonds. The third-order valence-corrected chi connectivity index (χ3v) is 0. The van der Waals surface area contributed by atoms with Crippen LogP contribution in [0.4, 0.5) is 0 Å². The van der Waals surface area contributed by atoms with Crippen molar-refractivity contribution >= 4 is 17.9 Å². The minimum Gasteiger partial charge on any atom is -0.550 e. The fourth-order valence-corrected chi connectivity index (χ4v) is 0. The monoisotopic (exact) mass is 268 g/mol. The zero-order valence-electron chi connectivity index (χ0n) is 8.33. The van der Waals surface area contributed by atoms with Gasteiger partial charge in [0.05, 0.1) is 0 Å². The van der Waals surface area contributed by atoms with Gasteiger partial charge in [0.1, 0.15) is 0 Å². The fraction of sp³-hybridized carbons (Fsp3) is 0.500. The Hall–Kier alpha value is -1.15. The average Bonchev–Trinajstić information content (AvgIpc) is 1.54. The maximum Gasteiger partial charge on any atom is 2.00 e. The number of carboxylic acids is 3. The Bertz CT molecular complexity index is 117. The molecule has 0 aromatic heterocycles. The Morgan fingerprint density at radius 1 is 0.667 bits per heavy atom. The first-order valence-electron chi connectivity index (χ1n) is 2.72. The second kappa shape index (κ2) is 29.3. The third-order valence-electron chi connectivity index (χ3n) is 0. The van der Waals surface area contributed by atoms with Gasteiger partial charge in [0.2, 0.25) is 0 Å². The van der Waals surface area contributed by atoms with Gasteiger partial charge >= 0.3 is 17.1 Å². The van der Waals surface area contributed by atoms with E-state index in [4.69, 9.17) is 29.7 Å². The van der Waals surface area contributed by atoms with Crippen molar-refractivity contribution in [3.05, 3.63) is 0 Å². The topological polar surface area (TPSA) is 183 Å².